The van der Waals surface area contributed by atoms with E-state index in [0.29, 0.717) is 33.8 Å². The maximum Gasteiger partial charge on any atom is 0.253 e. The van der Waals surface area contributed by atoms with Gasteiger partial charge in [0.05, 0.1) is 19.0 Å². The van der Waals surface area contributed by atoms with E-state index in [9.17, 15) is 9.59 Å². The van der Waals surface area contributed by atoms with Gasteiger partial charge in [0.15, 0.2) is 5.82 Å². The van der Waals surface area contributed by atoms with E-state index in [-0.39, 0.29) is 23.9 Å². The van der Waals surface area contributed by atoms with Crippen molar-refractivity contribution in [2.24, 2.45) is 0 Å². The topological polar surface area (TPSA) is 108 Å². The third kappa shape index (κ3) is 5.79. The van der Waals surface area contributed by atoms with Crippen LogP contribution in [-0.2, 0) is 4.79 Å². The number of nitrogens with zero attached hydrogens (tertiary/aromatic N) is 3. The minimum absolute atomic E-state index is 0.0190. The van der Waals surface area contributed by atoms with Crippen molar-refractivity contribution in [1.29, 1.82) is 0 Å². The number of hydrogen-bond donors (Lipinski definition) is 3. The molecule has 10 heteroatoms. The minimum atomic E-state index is -0.120. The Hall–Kier alpha value is -3.07. The van der Waals surface area contributed by atoms with Crippen molar-refractivity contribution in [3.8, 4) is 5.75 Å². The molecule has 2 atom stereocenters. The normalized spacial score (nSPS) is 17.9. The van der Waals surface area contributed by atoms with Crippen molar-refractivity contribution in [2.45, 2.75) is 44.7 Å². The van der Waals surface area contributed by atoms with Crippen LogP contribution >= 0.6 is 11.6 Å². The number of ether oxygens (including phenoxy) is 1. The van der Waals surface area contributed by atoms with Gasteiger partial charge in [0.25, 0.3) is 5.91 Å². The Morgan fingerprint density at radius 1 is 1.19 bits per heavy atom. The number of halogens is 1. The zero-order valence-corrected chi connectivity index (χ0v) is 19.5. The highest BCUT2D eigenvalue weighted by molar-refractivity contribution is 6.32. The van der Waals surface area contributed by atoms with E-state index in [1.165, 1.54) is 25.1 Å². The van der Waals surface area contributed by atoms with Gasteiger partial charge in [0.1, 0.15) is 10.8 Å². The summed E-state index contributed by atoms with van der Waals surface area (Å²) in [6, 6.07) is 5.17. The second-order valence-electron chi connectivity index (χ2n) is 7.97. The van der Waals surface area contributed by atoms with Gasteiger partial charge in [0, 0.05) is 38.7 Å². The molecule has 172 valence electrons. The number of nitrogens with one attached hydrogen (secondary N) is 3. The van der Waals surface area contributed by atoms with Crippen molar-refractivity contribution in [3.05, 3.63) is 35.0 Å². The summed E-state index contributed by atoms with van der Waals surface area (Å²) < 4.78 is 5.44. The van der Waals surface area contributed by atoms with Gasteiger partial charge in [-0.1, -0.05) is 24.4 Å². The molecule has 1 aromatic heterocycles. The number of methoxy groups -OCH3 is 1. The van der Waals surface area contributed by atoms with Crippen molar-refractivity contribution >= 4 is 40.9 Å². The molecule has 32 heavy (non-hydrogen) atoms. The molecule has 3 N–H and O–H groups in total. The zero-order chi connectivity index (χ0) is 23.3. The van der Waals surface area contributed by atoms with Crippen LogP contribution < -0.4 is 20.7 Å². The van der Waals surface area contributed by atoms with Crippen LogP contribution in [0.25, 0.3) is 0 Å². The minimum Gasteiger partial charge on any atom is -0.495 e. The molecule has 2 amide bonds. The highest BCUT2D eigenvalue weighted by atomic mass is 35.5. The van der Waals surface area contributed by atoms with Crippen LogP contribution in [0.2, 0.25) is 5.02 Å². The molecule has 1 fully saturated rings. The number of carbonyl (C=O) groups excluding carboxylic acids is 2. The third-order valence-electron chi connectivity index (χ3n) is 5.32. The van der Waals surface area contributed by atoms with Crippen LogP contribution in [0.5, 0.6) is 5.75 Å². The quantitative estimate of drug-likeness (QED) is 0.580. The lowest BCUT2D eigenvalue weighted by Crippen LogP contribution is -2.48. The van der Waals surface area contributed by atoms with Gasteiger partial charge >= 0.3 is 0 Å². The van der Waals surface area contributed by atoms with E-state index in [4.69, 9.17) is 16.3 Å². The van der Waals surface area contributed by atoms with Gasteiger partial charge in [-0.25, -0.2) is 4.98 Å². The molecular weight excluding hydrogens is 432 g/mol. The molecule has 9 nitrogen and oxygen atoms in total. The Balaban J connectivity index is 1.80. The number of benzene rings is 1. The lowest BCUT2D eigenvalue weighted by Gasteiger charge is -2.33. The fraction of sp³-hybridized carbons (Fsp3) is 0.455. The van der Waals surface area contributed by atoms with E-state index in [1.807, 2.05) is 0 Å². The standard InChI is InChI=1S/C22H29ClN6O3/c1-13(30)25-16-7-5-6-8-17(16)26-20-15(23)12-24-22(28-20)27-18-10-9-14(11-19(18)32-4)21(31)29(2)3/h9-12,16-17H,5-8H2,1-4H3,(H,25,30)(H2,24,26,27,28)/t16-,17-/m1/s1. The van der Waals surface area contributed by atoms with E-state index >= 15 is 0 Å². The van der Waals surface area contributed by atoms with E-state index in [1.54, 1.807) is 32.3 Å². The number of aromatic nitrogens is 2. The highest BCUT2D eigenvalue weighted by Crippen LogP contribution is 2.30. The van der Waals surface area contributed by atoms with Crippen LogP contribution in [0.15, 0.2) is 24.4 Å². The van der Waals surface area contributed by atoms with Crippen LogP contribution in [-0.4, -0.2) is 60.0 Å². The maximum absolute atomic E-state index is 12.2. The third-order valence-corrected chi connectivity index (χ3v) is 5.60. The molecule has 2 aromatic rings. The molecule has 1 heterocycles. The summed E-state index contributed by atoms with van der Waals surface area (Å²) in [7, 11) is 4.92. The monoisotopic (exact) mass is 460 g/mol. The molecule has 0 aliphatic heterocycles. The molecule has 0 bridgehead atoms. The SMILES string of the molecule is COc1cc(C(=O)N(C)C)ccc1Nc1ncc(Cl)c(N[C@@H]2CCCC[C@H]2NC(C)=O)n1. The molecule has 0 saturated heterocycles. The van der Waals surface area contributed by atoms with Gasteiger partial charge in [-0.15, -0.1) is 0 Å². The van der Waals surface area contributed by atoms with Crippen LogP contribution in [0.4, 0.5) is 17.5 Å². The lowest BCUT2D eigenvalue weighted by molar-refractivity contribution is -0.119. The van der Waals surface area contributed by atoms with E-state index in [0.717, 1.165) is 25.7 Å². The Morgan fingerprint density at radius 3 is 2.56 bits per heavy atom. The van der Waals surface area contributed by atoms with E-state index < -0.39 is 0 Å². The van der Waals surface area contributed by atoms with Crippen LogP contribution in [0.3, 0.4) is 0 Å². The van der Waals surface area contributed by atoms with Crippen molar-refractivity contribution < 1.29 is 14.3 Å². The summed E-state index contributed by atoms with van der Waals surface area (Å²) >= 11 is 6.35. The smallest absolute Gasteiger partial charge is 0.253 e. The molecule has 1 saturated carbocycles. The first-order valence-corrected chi connectivity index (χ1v) is 10.9. The lowest BCUT2D eigenvalue weighted by atomic mass is 9.90. The van der Waals surface area contributed by atoms with Crippen molar-refractivity contribution in [3.63, 3.8) is 0 Å². The summed E-state index contributed by atoms with van der Waals surface area (Å²) in [4.78, 5) is 34.1. The summed E-state index contributed by atoms with van der Waals surface area (Å²) in [6.07, 6.45) is 5.46. The average Bonchev–Trinajstić information content (AvgIpc) is 2.76. The van der Waals surface area contributed by atoms with Gasteiger partial charge in [-0.2, -0.15) is 4.98 Å². The van der Waals surface area contributed by atoms with Gasteiger partial charge in [0.2, 0.25) is 11.9 Å². The predicted molar refractivity (Wildman–Crippen MR) is 125 cm³/mol. The molecule has 0 spiro atoms. The molecule has 1 aliphatic rings. The molecule has 0 unspecified atom stereocenters. The molecule has 1 aromatic carbocycles. The number of rotatable bonds is 7. The van der Waals surface area contributed by atoms with Crippen molar-refractivity contribution in [1.82, 2.24) is 20.2 Å². The zero-order valence-electron chi connectivity index (χ0n) is 18.7. The first-order valence-electron chi connectivity index (χ1n) is 10.5. The van der Waals surface area contributed by atoms with Gasteiger partial charge < -0.3 is 25.6 Å². The number of amides is 2. The highest BCUT2D eigenvalue weighted by Gasteiger charge is 2.26. The Morgan fingerprint density at radius 2 is 1.91 bits per heavy atom. The predicted octanol–water partition coefficient (Wildman–Crippen LogP) is 3.44. The van der Waals surface area contributed by atoms with Crippen LogP contribution in [0.1, 0.15) is 43.0 Å². The molecule has 1 aliphatic carbocycles. The molecule has 0 radical (unpaired) electrons. The van der Waals surface area contributed by atoms with Crippen LogP contribution in [0, 0.1) is 0 Å². The summed E-state index contributed by atoms with van der Waals surface area (Å²) in [5, 5.41) is 9.91. The Bertz CT molecular complexity index is 984. The molecular formula is C22H29ClN6O3. The second-order valence-corrected chi connectivity index (χ2v) is 8.38. The maximum atomic E-state index is 12.2. The fourth-order valence-electron chi connectivity index (χ4n) is 3.75. The summed E-state index contributed by atoms with van der Waals surface area (Å²) in [6.45, 7) is 1.52. The number of carbonyl (C=O) groups is 2. The van der Waals surface area contributed by atoms with Gasteiger partial charge in [-0.05, 0) is 31.0 Å². The average molecular weight is 461 g/mol. The molecule has 3 rings (SSSR count). The number of hydrogen-bond acceptors (Lipinski definition) is 7. The van der Waals surface area contributed by atoms with E-state index in [2.05, 4.69) is 25.9 Å². The summed E-state index contributed by atoms with van der Waals surface area (Å²) in [5.74, 6) is 1.13. The first kappa shape index (κ1) is 23.6. The fourth-order valence-corrected chi connectivity index (χ4v) is 3.89. The van der Waals surface area contributed by atoms with Crippen molar-refractivity contribution in [2.75, 3.05) is 31.8 Å². The largest absolute Gasteiger partial charge is 0.495 e. The second kappa shape index (κ2) is 10.5. The van der Waals surface area contributed by atoms with Gasteiger partial charge in [-0.3, -0.25) is 9.59 Å². The summed E-state index contributed by atoms with van der Waals surface area (Å²) in [5.41, 5.74) is 1.13. The number of anilines is 3. The first-order chi connectivity index (χ1) is 15.3. The Kier molecular flexibility index (Phi) is 7.74. The Labute approximate surface area is 192 Å².